The summed E-state index contributed by atoms with van der Waals surface area (Å²) in [7, 11) is 1.89. The van der Waals surface area contributed by atoms with Crippen LogP contribution in [0.25, 0.3) is 0 Å². The summed E-state index contributed by atoms with van der Waals surface area (Å²) >= 11 is 0. The standard InChI is InChI=1S/C10H12F3N3O/c1-15-3-2-8-7(5-15)4-9(17)16(14-8)6-10(11,12)13/h4H,2-3,5-6H2,1H3. The number of alkyl halides is 3. The zero-order valence-electron chi connectivity index (χ0n) is 9.29. The first-order valence-corrected chi connectivity index (χ1v) is 5.20. The zero-order chi connectivity index (χ0) is 12.6. The average Bonchev–Trinajstić information content (AvgIpc) is 2.17. The molecule has 1 aromatic heterocycles. The lowest BCUT2D eigenvalue weighted by atomic mass is 10.1. The monoisotopic (exact) mass is 247 g/mol. The van der Waals surface area contributed by atoms with Gasteiger partial charge in [-0.3, -0.25) is 4.79 Å². The molecule has 0 radical (unpaired) electrons. The van der Waals surface area contributed by atoms with E-state index in [1.165, 1.54) is 6.07 Å². The van der Waals surface area contributed by atoms with E-state index in [4.69, 9.17) is 0 Å². The van der Waals surface area contributed by atoms with Crippen LogP contribution in [0.2, 0.25) is 0 Å². The van der Waals surface area contributed by atoms with Crippen LogP contribution in [-0.2, 0) is 19.5 Å². The Morgan fingerprint density at radius 1 is 1.47 bits per heavy atom. The summed E-state index contributed by atoms with van der Waals surface area (Å²) in [4.78, 5) is 13.5. The van der Waals surface area contributed by atoms with Gasteiger partial charge < -0.3 is 4.90 Å². The maximum Gasteiger partial charge on any atom is 0.408 e. The van der Waals surface area contributed by atoms with E-state index in [2.05, 4.69) is 5.10 Å². The van der Waals surface area contributed by atoms with Crippen LogP contribution in [0.1, 0.15) is 11.3 Å². The van der Waals surface area contributed by atoms with Crippen molar-refractivity contribution in [1.82, 2.24) is 14.7 Å². The molecule has 0 unspecified atom stereocenters. The highest BCUT2D eigenvalue weighted by Crippen LogP contribution is 2.17. The third kappa shape index (κ3) is 2.85. The second-order valence-corrected chi connectivity index (χ2v) is 4.22. The first kappa shape index (κ1) is 12.1. The van der Waals surface area contributed by atoms with E-state index in [0.29, 0.717) is 23.3 Å². The SMILES string of the molecule is CN1CCc2nn(CC(F)(F)F)c(=O)cc2C1. The van der Waals surface area contributed by atoms with Crippen LogP contribution >= 0.6 is 0 Å². The number of halogens is 3. The molecule has 0 aromatic carbocycles. The first-order chi connectivity index (χ1) is 7.85. The fraction of sp³-hybridized carbons (Fsp3) is 0.600. The molecular formula is C10H12F3N3O. The second-order valence-electron chi connectivity index (χ2n) is 4.22. The maximum absolute atomic E-state index is 12.2. The van der Waals surface area contributed by atoms with E-state index in [9.17, 15) is 18.0 Å². The van der Waals surface area contributed by atoms with Crippen LogP contribution in [0.3, 0.4) is 0 Å². The molecule has 0 amide bonds. The Bertz CT molecular complexity index is 481. The molecule has 0 N–H and O–H groups in total. The van der Waals surface area contributed by atoms with E-state index < -0.39 is 18.3 Å². The summed E-state index contributed by atoms with van der Waals surface area (Å²) in [6.07, 6.45) is -3.85. The van der Waals surface area contributed by atoms with Gasteiger partial charge in [0, 0.05) is 25.6 Å². The molecule has 0 saturated carbocycles. The van der Waals surface area contributed by atoms with Gasteiger partial charge in [-0.25, -0.2) is 4.68 Å². The molecule has 0 saturated heterocycles. The van der Waals surface area contributed by atoms with Crippen LogP contribution in [-0.4, -0.2) is 34.4 Å². The number of likely N-dealkylation sites (N-methyl/N-ethyl adjacent to an activating group) is 1. The van der Waals surface area contributed by atoms with Crippen molar-refractivity contribution in [3.05, 3.63) is 27.7 Å². The van der Waals surface area contributed by atoms with E-state index in [0.717, 1.165) is 12.1 Å². The number of fused-ring (bicyclic) bond motifs is 1. The molecule has 4 nitrogen and oxygen atoms in total. The normalized spacial score (nSPS) is 16.9. The zero-order valence-corrected chi connectivity index (χ0v) is 9.29. The fourth-order valence-corrected chi connectivity index (χ4v) is 1.86. The number of nitrogens with zero attached hydrogens (tertiary/aromatic N) is 3. The third-order valence-corrected chi connectivity index (χ3v) is 2.66. The van der Waals surface area contributed by atoms with Crippen LogP contribution in [0.5, 0.6) is 0 Å². The van der Waals surface area contributed by atoms with Crippen molar-refractivity contribution >= 4 is 0 Å². The van der Waals surface area contributed by atoms with Gasteiger partial charge in [0.15, 0.2) is 0 Å². The van der Waals surface area contributed by atoms with Crippen molar-refractivity contribution < 1.29 is 13.2 Å². The Labute approximate surface area is 95.7 Å². The Morgan fingerprint density at radius 3 is 2.82 bits per heavy atom. The molecule has 0 bridgehead atoms. The van der Waals surface area contributed by atoms with Crippen LogP contribution in [0.4, 0.5) is 13.2 Å². The number of aromatic nitrogens is 2. The minimum atomic E-state index is -4.42. The molecule has 7 heteroatoms. The molecule has 94 valence electrons. The summed E-state index contributed by atoms with van der Waals surface area (Å²) in [5.74, 6) is 0. The van der Waals surface area contributed by atoms with Crippen LogP contribution in [0.15, 0.2) is 10.9 Å². The minimum Gasteiger partial charge on any atom is -0.302 e. The van der Waals surface area contributed by atoms with E-state index in [1.807, 2.05) is 11.9 Å². The maximum atomic E-state index is 12.2. The van der Waals surface area contributed by atoms with Crippen LogP contribution < -0.4 is 5.56 Å². The molecule has 0 aliphatic carbocycles. The Morgan fingerprint density at radius 2 is 2.18 bits per heavy atom. The van der Waals surface area contributed by atoms with E-state index >= 15 is 0 Å². The van der Waals surface area contributed by atoms with Gasteiger partial charge in [0.05, 0.1) is 5.69 Å². The summed E-state index contributed by atoms with van der Waals surface area (Å²) in [6.45, 7) is -0.0242. The Hall–Kier alpha value is -1.37. The minimum absolute atomic E-state index is 0.490. The van der Waals surface area contributed by atoms with Crippen LogP contribution in [0, 0.1) is 0 Å². The van der Waals surface area contributed by atoms with Crippen molar-refractivity contribution in [2.45, 2.75) is 25.7 Å². The molecule has 0 spiro atoms. The predicted molar refractivity (Wildman–Crippen MR) is 54.6 cm³/mol. The van der Waals surface area contributed by atoms with E-state index in [-0.39, 0.29) is 0 Å². The van der Waals surface area contributed by atoms with Gasteiger partial charge in [-0.15, -0.1) is 0 Å². The van der Waals surface area contributed by atoms with Crippen molar-refractivity contribution in [2.75, 3.05) is 13.6 Å². The molecule has 1 aliphatic heterocycles. The largest absolute Gasteiger partial charge is 0.408 e. The smallest absolute Gasteiger partial charge is 0.302 e. The number of hydrogen-bond donors (Lipinski definition) is 0. The van der Waals surface area contributed by atoms with Gasteiger partial charge in [0.1, 0.15) is 6.54 Å². The molecule has 0 fully saturated rings. The third-order valence-electron chi connectivity index (χ3n) is 2.66. The van der Waals surface area contributed by atoms with Crippen molar-refractivity contribution in [3.8, 4) is 0 Å². The lowest BCUT2D eigenvalue weighted by molar-refractivity contribution is -0.143. The van der Waals surface area contributed by atoms with Crippen molar-refractivity contribution in [1.29, 1.82) is 0 Å². The number of rotatable bonds is 1. The Kier molecular flexibility index (Phi) is 2.94. The molecule has 0 atom stereocenters. The van der Waals surface area contributed by atoms with Gasteiger partial charge in [0.25, 0.3) is 5.56 Å². The molecule has 2 rings (SSSR count). The molecular weight excluding hydrogens is 235 g/mol. The summed E-state index contributed by atoms with van der Waals surface area (Å²) in [5, 5.41) is 3.79. The van der Waals surface area contributed by atoms with Crippen molar-refractivity contribution in [2.24, 2.45) is 0 Å². The molecule has 1 aliphatic rings. The van der Waals surface area contributed by atoms with Gasteiger partial charge in [-0.2, -0.15) is 18.3 Å². The highest BCUT2D eigenvalue weighted by atomic mass is 19.4. The quantitative estimate of drug-likeness (QED) is 0.736. The van der Waals surface area contributed by atoms with Gasteiger partial charge >= 0.3 is 6.18 Å². The molecule has 2 heterocycles. The first-order valence-electron chi connectivity index (χ1n) is 5.20. The topological polar surface area (TPSA) is 38.1 Å². The lowest BCUT2D eigenvalue weighted by Gasteiger charge is -2.24. The molecule has 17 heavy (non-hydrogen) atoms. The van der Waals surface area contributed by atoms with Gasteiger partial charge in [-0.05, 0) is 12.6 Å². The van der Waals surface area contributed by atoms with E-state index in [1.54, 1.807) is 0 Å². The predicted octanol–water partition coefficient (Wildman–Crippen LogP) is 0.793. The highest BCUT2D eigenvalue weighted by Gasteiger charge is 2.29. The summed E-state index contributed by atoms with van der Waals surface area (Å²) in [5.41, 5.74) is 0.616. The average molecular weight is 247 g/mol. The van der Waals surface area contributed by atoms with Crippen molar-refractivity contribution in [3.63, 3.8) is 0 Å². The second kappa shape index (κ2) is 4.14. The number of hydrogen-bond acceptors (Lipinski definition) is 3. The van der Waals surface area contributed by atoms with Gasteiger partial charge in [-0.1, -0.05) is 0 Å². The summed E-state index contributed by atoms with van der Waals surface area (Å²) < 4.78 is 37.1. The Balaban J connectivity index is 2.35. The lowest BCUT2D eigenvalue weighted by Crippen LogP contribution is -2.35. The molecule has 1 aromatic rings. The fourth-order valence-electron chi connectivity index (χ4n) is 1.86. The summed E-state index contributed by atoms with van der Waals surface area (Å²) in [6, 6.07) is 1.25. The highest BCUT2D eigenvalue weighted by molar-refractivity contribution is 5.20. The van der Waals surface area contributed by atoms with Gasteiger partial charge in [0.2, 0.25) is 0 Å².